The zero-order valence-corrected chi connectivity index (χ0v) is 18.3. The van der Waals surface area contributed by atoms with Crippen molar-refractivity contribution in [3.63, 3.8) is 0 Å². The Morgan fingerprint density at radius 3 is 2.53 bits per heavy atom. The van der Waals surface area contributed by atoms with Crippen molar-refractivity contribution < 1.29 is 19.3 Å². The summed E-state index contributed by atoms with van der Waals surface area (Å²) in [5.41, 5.74) is 3.73. The standard InChI is InChI=1S/C20H17N5O5S2/c1-12-2-4-13(5-3-12)24-19(28)16(18(27)22-20(24)31)10-21-23-17(26)11-32-15-8-6-14(7-9-15)25(29)30/h2-10,16H,11H2,1H3,(H,23,26)(H,22,27,31)/b21-10+/t16-/m0/s1. The lowest BCUT2D eigenvalue weighted by Gasteiger charge is -2.30. The monoisotopic (exact) mass is 471 g/mol. The lowest BCUT2D eigenvalue weighted by molar-refractivity contribution is -0.384. The molecule has 0 saturated carbocycles. The van der Waals surface area contributed by atoms with Crippen LogP contribution in [0.25, 0.3) is 0 Å². The average Bonchev–Trinajstić information content (AvgIpc) is 2.76. The Morgan fingerprint density at radius 1 is 1.25 bits per heavy atom. The first-order chi connectivity index (χ1) is 15.3. The van der Waals surface area contributed by atoms with Crippen molar-refractivity contribution in [1.29, 1.82) is 0 Å². The van der Waals surface area contributed by atoms with Crippen molar-refractivity contribution >= 4 is 64.4 Å². The van der Waals surface area contributed by atoms with Crippen molar-refractivity contribution in [2.24, 2.45) is 11.0 Å². The molecule has 164 valence electrons. The number of benzene rings is 2. The summed E-state index contributed by atoms with van der Waals surface area (Å²) in [4.78, 5) is 49.0. The van der Waals surface area contributed by atoms with Gasteiger partial charge >= 0.3 is 0 Å². The zero-order chi connectivity index (χ0) is 23.3. The number of hydrazone groups is 1. The van der Waals surface area contributed by atoms with Crippen LogP contribution in [0.5, 0.6) is 0 Å². The first kappa shape index (κ1) is 23.0. The van der Waals surface area contributed by atoms with E-state index < -0.39 is 28.6 Å². The van der Waals surface area contributed by atoms with Gasteiger partial charge in [0.1, 0.15) is 0 Å². The summed E-state index contributed by atoms with van der Waals surface area (Å²) in [6.45, 7) is 1.90. The van der Waals surface area contributed by atoms with Crippen LogP contribution < -0.4 is 15.6 Å². The molecule has 1 aliphatic rings. The van der Waals surface area contributed by atoms with Crippen LogP contribution in [-0.2, 0) is 14.4 Å². The summed E-state index contributed by atoms with van der Waals surface area (Å²) < 4.78 is 0. The van der Waals surface area contributed by atoms with E-state index in [1.54, 1.807) is 12.1 Å². The molecule has 2 aromatic carbocycles. The molecule has 1 heterocycles. The second-order valence-corrected chi connectivity index (χ2v) is 8.07. The van der Waals surface area contributed by atoms with Crippen molar-refractivity contribution in [1.82, 2.24) is 10.7 Å². The molecule has 0 aliphatic carbocycles. The fourth-order valence-electron chi connectivity index (χ4n) is 2.69. The zero-order valence-electron chi connectivity index (χ0n) is 16.7. The predicted molar refractivity (Wildman–Crippen MR) is 123 cm³/mol. The van der Waals surface area contributed by atoms with Gasteiger partial charge in [-0.2, -0.15) is 5.10 Å². The minimum atomic E-state index is -1.26. The Morgan fingerprint density at radius 2 is 1.91 bits per heavy atom. The molecule has 12 heteroatoms. The van der Waals surface area contributed by atoms with Gasteiger partial charge in [0.25, 0.3) is 11.6 Å². The molecule has 1 aliphatic heterocycles. The Balaban J connectivity index is 1.58. The van der Waals surface area contributed by atoms with Crippen LogP contribution in [0.3, 0.4) is 0 Å². The van der Waals surface area contributed by atoms with E-state index in [2.05, 4.69) is 15.8 Å². The summed E-state index contributed by atoms with van der Waals surface area (Å²) in [6.07, 6.45) is 1.05. The summed E-state index contributed by atoms with van der Waals surface area (Å²) in [6, 6.07) is 12.8. The number of rotatable bonds is 7. The Kier molecular flexibility index (Phi) is 7.28. The molecule has 3 amide bonds. The summed E-state index contributed by atoms with van der Waals surface area (Å²) in [5, 5.41) is 16.8. The highest BCUT2D eigenvalue weighted by atomic mass is 32.2. The topological polar surface area (TPSA) is 134 Å². The second-order valence-electron chi connectivity index (χ2n) is 6.63. The third-order valence-electron chi connectivity index (χ3n) is 4.32. The fourth-order valence-corrected chi connectivity index (χ4v) is 3.68. The Bertz CT molecular complexity index is 1100. The molecule has 10 nitrogen and oxygen atoms in total. The fraction of sp³-hybridized carbons (Fsp3) is 0.150. The molecule has 1 atom stereocenters. The van der Waals surface area contributed by atoms with Crippen LogP contribution >= 0.6 is 24.0 Å². The lowest BCUT2D eigenvalue weighted by atomic mass is 10.1. The van der Waals surface area contributed by atoms with E-state index in [0.29, 0.717) is 10.6 Å². The van der Waals surface area contributed by atoms with Crippen molar-refractivity contribution in [3.8, 4) is 0 Å². The van der Waals surface area contributed by atoms with Crippen molar-refractivity contribution in [3.05, 3.63) is 64.2 Å². The molecule has 3 rings (SSSR count). The molecule has 0 unspecified atom stereocenters. The van der Waals surface area contributed by atoms with Gasteiger partial charge in [0.15, 0.2) is 11.0 Å². The van der Waals surface area contributed by atoms with Gasteiger partial charge in [0, 0.05) is 23.2 Å². The van der Waals surface area contributed by atoms with E-state index in [-0.39, 0.29) is 16.6 Å². The molecular formula is C20H17N5O5S2. The molecule has 0 spiro atoms. The van der Waals surface area contributed by atoms with Crippen LogP contribution in [0.15, 0.2) is 58.5 Å². The van der Waals surface area contributed by atoms with E-state index >= 15 is 0 Å². The number of non-ortho nitro benzene ring substituents is 1. The molecular weight excluding hydrogens is 454 g/mol. The second kappa shape index (κ2) is 10.1. The van der Waals surface area contributed by atoms with Gasteiger partial charge in [-0.05, 0) is 43.4 Å². The first-order valence-electron chi connectivity index (χ1n) is 9.21. The van der Waals surface area contributed by atoms with Gasteiger partial charge in [-0.15, -0.1) is 11.8 Å². The number of carbonyl (C=O) groups is 3. The maximum atomic E-state index is 12.8. The van der Waals surface area contributed by atoms with Gasteiger partial charge < -0.3 is 5.32 Å². The largest absolute Gasteiger partial charge is 0.301 e. The van der Waals surface area contributed by atoms with Crippen LogP contribution in [0.2, 0.25) is 0 Å². The van der Waals surface area contributed by atoms with Gasteiger partial charge in [-0.1, -0.05) is 17.7 Å². The molecule has 2 aromatic rings. The number of hydrogen-bond donors (Lipinski definition) is 2. The molecule has 0 radical (unpaired) electrons. The lowest BCUT2D eigenvalue weighted by Crippen LogP contribution is -2.58. The smallest absolute Gasteiger partial charge is 0.269 e. The number of carbonyl (C=O) groups excluding carboxylic acids is 3. The maximum Gasteiger partial charge on any atom is 0.269 e. The van der Waals surface area contributed by atoms with Gasteiger partial charge in [-0.25, -0.2) is 5.43 Å². The number of thiocarbonyl (C=S) groups is 1. The molecule has 0 bridgehead atoms. The molecule has 0 aromatic heterocycles. The number of nitro groups is 1. The number of nitrogens with one attached hydrogen (secondary N) is 2. The minimum Gasteiger partial charge on any atom is -0.301 e. The number of aryl methyl sites for hydroxylation is 1. The predicted octanol–water partition coefficient (Wildman–Crippen LogP) is 2.16. The Labute approximate surface area is 192 Å². The van der Waals surface area contributed by atoms with E-state index in [9.17, 15) is 24.5 Å². The molecule has 2 N–H and O–H groups in total. The third kappa shape index (κ3) is 5.53. The third-order valence-corrected chi connectivity index (χ3v) is 5.62. The van der Waals surface area contributed by atoms with E-state index in [4.69, 9.17) is 12.2 Å². The highest BCUT2D eigenvalue weighted by Crippen LogP contribution is 2.22. The number of nitrogens with zero attached hydrogens (tertiary/aromatic N) is 3. The highest BCUT2D eigenvalue weighted by molar-refractivity contribution is 8.00. The van der Waals surface area contributed by atoms with Crippen molar-refractivity contribution in [2.75, 3.05) is 10.7 Å². The van der Waals surface area contributed by atoms with Crippen LogP contribution in [0.1, 0.15) is 5.56 Å². The van der Waals surface area contributed by atoms with Crippen molar-refractivity contribution in [2.45, 2.75) is 11.8 Å². The van der Waals surface area contributed by atoms with E-state index in [0.717, 1.165) is 23.5 Å². The number of anilines is 1. The number of amides is 3. The molecule has 1 fully saturated rings. The summed E-state index contributed by atoms with van der Waals surface area (Å²) in [5.74, 6) is -2.97. The van der Waals surface area contributed by atoms with E-state index in [1.807, 2.05) is 19.1 Å². The van der Waals surface area contributed by atoms with Crippen LogP contribution in [-0.4, -0.2) is 39.7 Å². The van der Waals surface area contributed by atoms with Gasteiger partial charge in [0.2, 0.25) is 11.8 Å². The molecule has 32 heavy (non-hydrogen) atoms. The van der Waals surface area contributed by atoms with Crippen LogP contribution in [0.4, 0.5) is 11.4 Å². The van der Waals surface area contributed by atoms with Gasteiger partial charge in [-0.3, -0.25) is 29.4 Å². The quantitative estimate of drug-likeness (QED) is 0.158. The van der Waals surface area contributed by atoms with E-state index in [1.165, 1.54) is 29.2 Å². The molecule has 1 saturated heterocycles. The number of nitro benzene ring substituents is 1. The number of thioether (sulfide) groups is 1. The average molecular weight is 472 g/mol. The minimum absolute atomic E-state index is 0.0143. The SMILES string of the molecule is Cc1ccc(N2C(=O)[C@@H](/C=N/NC(=O)CSc3ccc([N+](=O)[O-])cc3)C(=O)NC2=S)cc1. The summed E-state index contributed by atoms with van der Waals surface area (Å²) >= 11 is 6.28. The number of hydrogen-bond acceptors (Lipinski definition) is 8. The first-order valence-corrected chi connectivity index (χ1v) is 10.6. The maximum absolute atomic E-state index is 12.8. The summed E-state index contributed by atoms with van der Waals surface area (Å²) in [7, 11) is 0. The van der Waals surface area contributed by atoms with Crippen LogP contribution in [0, 0.1) is 23.0 Å². The normalized spacial score (nSPS) is 16.2. The van der Waals surface area contributed by atoms with Gasteiger partial charge in [0.05, 0.1) is 16.4 Å². The Hall–Kier alpha value is -3.64. The highest BCUT2D eigenvalue weighted by Gasteiger charge is 2.38.